The zero-order chi connectivity index (χ0) is 11.1. The maximum Gasteiger partial charge on any atom is 0.161 e. The Morgan fingerprint density at radius 2 is 2.00 bits per heavy atom. The van der Waals surface area contributed by atoms with Gasteiger partial charge in [0.15, 0.2) is 5.75 Å². The Bertz CT molecular complexity index is 364. The number of pyridine rings is 1. The summed E-state index contributed by atoms with van der Waals surface area (Å²) in [6.07, 6.45) is 6.18. The van der Waals surface area contributed by atoms with E-state index < -0.39 is 0 Å². The summed E-state index contributed by atoms with van der Waals surface area (Å²) in [4.78, 5) is 4.19. The third-order valence-electron chi connectivity index (χ3n) is 2.58. The quantitative estimate of drug-likeness (QED) is 0.808. The number of rotatable bonds is 2. The molecular formula is C12H18N2O. The molecule has 3 heteroatoms. The minimum Gasteiger partial charge on any atom is -0.487 e. The largest absolute Gasteiger partial charge is 0.487 e. The van der Waals surface area contributed by atoms with Gasteiger partial charge in [0.2, 0.25) is 0 Å². The first kappa shape index (κ1) is 10.3. The maximum atomic E-state index is 6.08. The number of nitrogens with zero attached hydrogens (tertiary/aromatic N) is 1. The molecule has 1 heterocycles. The van der Waals surface area contributed by atoms with Crippen LogP contribution in [0.1, 0.15) is 39.2 Å². The lowest BCUT2D eigenvalue weighted by Gasteiger charge is -2.22. The van der Waals surface area contributed by atoms with Crippen molar-refractivity contribution in [2.45, 2.75) is 45.1 Å². The summed E-state index contributed by atoms with van der Waals surface area (Å²) in [5, 5.41) is 0. The summed E-state index contributed by atoms with van der Waals surface area (Å²) in [5.74, 6) is 0.741. The Morgan fingerprint density at radius 1 is 1.33 bits per heavy atom. The van der Waals surface area contributed by atoms with Crippen molar-refractivity contribution in [3.8, 4) is 5.75 Å². The van der Waals surface area contributed by atoms with Gasteiger partial charge in [-0.1, -0.05) is 20.8 Å². The van der Waals surface area contributed by atoms with Gasteiger partial charge < -0.3 is 10.5 Å². The standard InChI is InChI=1S/C12H18N2O/c1-12(2,3)9-6-14-7-10(11(9)13)15-8-4-5-8/h6-8H,4-5H2,1-3H3,(H2,13,14). The highest BCUT2D eigenvalue weighted by atomic mass is 16.5. The molecule has 1 aromatic heterocycles. The third kappa shape index (κ3) is 2.22. The molecule has 0 spiro atoms. The lowest BCUT2D eigenvalue weighted by molar-refractivity contribution is 0.303. The second-order valence-corrected chi connectivity index (χ2v) is 5.17. The van der Waals surface area contributed by atoms with Gasteiger partial charge in [0.1, 0.15) is 0 Å². The van der Waals surface area contributed by atoms with Crippen LogP contribution in [0.15, 0.2) is 12.4 Å². The first-order valence-corrected chi connectivity index (χ1v) is 5.39. The van der Waals surface area contributed by atoms with E-state index in [0.29, 0.717) is 6.10 Å². The van der Waals surface area contributed by atoms with E-state index in [1.54, 1.807) is 6.20 Å². The predicted molar refractivity (Wildman–Crippen MR) is 61.0 cm³/mol. The topological polar surface area (TPSA) is 48.1 Å². The number of hydrogen-bond donors (Lipinski definition) is 1. The number of nitrogen functional groups attached to an aromatic ring is 1. The van der Waals surface area contributed by atoms with Crippen molar-refractivity contribution < 1.29 is 4.74 Å². The van der Waals surface area contributed by atoms with Gasteiger partial charge >= 0.3 is 0 Å². The highest BCUT2D eigenvalue weighted by Gasteiger charge is 2.26. The van der Waals surface area contributed by atoms with E-state index in [0.717, 1.165) is 29.8 Å². The van der Waals surface area contributed by atoms with Gasteiger partial charge in [0.05, 0.1) is 18.0 Å². The number of anilines is 1. The molecule has 0 amide bonds. The first-order chi connectivity index (χ1) is 6.98. The van der Waals surface area contributed by atoms with Crippen molar-refractivity contribution in [3.05, 3.63) is 18.0 Å². The van der Waals surface area contributed by atoms with Crippen LogP contribution in [-0.4, -0.2) is 11.1 Å². The minimum absolute atomic E-state index is 0.0139. The average Bonchev–Trinajstić information content (AvgIpc) is 2.90. The van der Waals surface area contributed by atoms with E-state index in [9.17, 15) is 0 Å². The van der Waals surface area contributed by atoms with Gasteiger partial charge in [0, 0.05) is 11.8 Å². The lowest BCUT2D eigenvalue weighted by Crippen LogP contribution is -2.15. The van der Waals surface area contributed by atoms with Crippen LogP contribution >= 0.6 is 0 Å². The Balaban J connectivity index is 2.31. The Labute approximate surface area is 90.7 Å². The van der Waals surface area contributed by atoms with Gasteiger partial charge in [-0.3, -0.25) is 4.98 Å². The van der Waals surface area contributed by atoms with Gasteiger partial charge in [-0.05, 0) is 18.3 Å². The molecule has 82 valence electrons. The number of hydrogen-bond acceptors (Lipinski definition) is 3. The van der Waals surface area contributed by atoms with Crippen LogP contribution in [0.2, 0.25) is 0 Å². The van der Waals surface area contributed by atoms with E-state index in [2.05, 4.69) is 25.8 Å². The van der Waals surface area contributed by atoms with Crippen molar-refractivity contribution in [2.24, 2.45) is 0 Å². The highest BCUT2D eigenvalue weighted by Crippen LogP contribution is 2.36. The molecule has 3 nitrogen and oxygen atoms in total. The van der Waals surface area contributed by atoms with Crippen LogP contribution in [0.5, 0.6) is 5.75 Å². The molecule has 0 atom stereocenters. The number of nitrogens with two attached hydrogens (primary N) is 1. The molecule has 0 aromatic carbocycles. The molecule has 0 saturated heterocycles. The normalized spacial score (nSPS) is 16.5. The number of aromatic nitrogens is 1. The van der Waals surface area contributed by atoms with Crippen LogP contribution < -0.4 is 10.5 Å². The van der Waals surface area contributed by atoms with Gasteiger partial charge in [-0.25, -0.2) is 0 Å². The van der Waals surface area contributed by atoms with E-state index in [1.165, 1.54) is 0 Å². The fourth-order valence-electron chi connectivity index (χ4n) is 1.51. The zero-order valence-electron chi connectivity index (χ0n) is 9.58. The molecule has 1 fully saturated rings. The molecule has 0 radical (unpaired) electrons. The summed E-state index contributed by atoms with van der Waals surface area (Å²) in [6, 6.07) is 0. The zero-order valence-corrected chi connectivity index (χ0v) is 9.58. The van der Waals surface area contributed by atoms with Crippen LogP contribution in [-0.2, 0) is 5.41 Å². The van der Waals surface area contributed by atoms with Crippen molar-refractivity contribution in [1.82, 2.24) is 4.98 Å². The van der Waals surface area contributed by atoms with Crippen LogP contribution in [0, 0.1) is 0 Å². The molecule has 1 aromatic rings. The van der Waals surface area contributed by atoms with Crippen molar-refractivity contribution in [2.75, 3.05) is 5.73 Å². The average molecular weight is 206 g/mol. The second-order valence-electron chi connectivity index (χ2n) is 5.17. The molecular weight excluding hydrogens is 188 g/mol. The Hall–Kier alpha value is -1.25. The van der Waals surface area contributed by atoms with Crippen LogP contribution in [0.4, 0.5) is 5.69 Å². The van der Waals surface area contributed by atoms with Gasteiger partial charge in [0.25, 0.3) is 0 Å². The Kier molecular flexibility index (Phi) is 2.33. The summed E-state index contributed by atoms with van der Waals surface area (Å²) >= 11 is 0. The highest BCUT2D eigenvalue weighted by molar-refractivity contribution is 5.59. The van der Waals surface area contributed by atoms with Gasteiger partial charge in [-0.15, -0.1) is 0 Å². The molecule has 0 aliphatic heterocycles. The van der Waals surface area contributed by atoms with E-state index in [4.69, 9.17) is 10.5 Å². The molecule has 0 unspecified atom stereocenters. The predicted octanol–water partition coefficient (Wildman–Crippen LogP) is 2.50. The fourth-order valence-corrected chi connectivity index (χ4v) is 1.51. The number of ether oxygens (including phenoxy) is 1. The molecule has 0 bridgehead atoms. The molecule has 2 N–H and O–H groups in total. The van der Waals surface area contributed by atoms with Crippen molar-refractivity contribution >= 4 is 5.69 Å². The smallest absolute Gasteiger partial charge is 0.161 e. The van der Waals surface area contributed by atoms with E-state index >= 15 is 0 Å². The lowest BCUT2D eigenvalue weighted by atomic mass is 9.87. The molecule has 2 rings (SSSR count). The van der Waals surface area contributed by atoms with Crippen molar-refractivity contribution in [3.63, 3.8) is 0 Å². The van der Waals surface area contributed by atoms with E-state index in [1.807, 2.05) is 6.20 Å². The van der Waals surface area contributed by atoms with E-state index in [-0.39, 0.29) is 5.41 Å². The minimum atomic E-state index is 0.0139. The molecule has 15 heavy (non-hydrogen) atoms. The summed E-state index contributed by atoms with van der Waals surface area (Å²) in [5.41, 5.74) is 7.89. The van der Waals surface area contributed by atoms with Gasteiger partial charge in [-0.2, -0.15) is 0 Å². The maximum absolute atomic E-state index is 6.08. The summed E-state index contributed by atoms with van der Waals surface area (Å²) in [7, 11) is 0. The molecule has 1 aliphatic rings. The van der Waals surface area contributed by atoms with Crippen LogP contribution in [0.3, 0.4) is 0 Å². The first-order valence-electron chi connectivity index (χ1n) is 5.39. The SMILES string of the molecule is CC(C)(C)c1cncc(OC2CC2)c1N. The summed E-state index contributed by atoms with van der Waals surface area (Å²) in [6.45, 7) is 6.38. The molecule has 1 saturated carbocycles. The summed E-state index contributed by atoms with van der Waals surface area (Å²) < 4.78 is 5.70. The molecule has 1 aliphatic carbocycles. The Morgan fingerprint density at radius 3 is 2.53 bits per heavy atom. The monoisotopic (exact) mass is 206 g/mol. The third-order valence-corrected chi connectivity index (χ3v) is 2.58. The fraction of sp³-hybridized carbons (Fsp3) is 0.583. The van der Waals surface area contributed by atoms with Crippen molar-refractivity contribution in [1.29, 1.82) is 0 Å². The van der Waals surface area contributed by atoms with Crippen LogP contribution in [0.25, 0.3) is 0 Å². The second kappa shape index (κ2) is 3.40.